The van der Waals surface area contributed by atoms with Crippen molar-refractivity contribution in [1.29, 1.82) is 0 Å². The fourth-order valence-electron chi connectivity index (χ4n) is 12.0. The van der Waals surface area contributed by atoms with Gasteiger partial charge in [-0.25, -0.2) is 9.59 Å². The van der Waals surface area contributed by atoms with Gasteiger partial charge in [0.1, 0.15) is 29.5 Å². The van der Waals surface area contributed by atoms with Crippen molar-refractivity contribution in [2.24, 2.45) is 17.6 Å². The minimum Gasteiger partial charge on any atom is -0.507 e. The van der Waals surface area contributed by atoms with E-state index in [0.717, 1.165) is 23.9 Å². The molecule has 0 saturated carbocycles. The van der Waals surface area contributed by atoms with Crippen molar-refractivity contribution in [3.8, 4) is 17.2 Å². The first-order valence-electron chi connectivity index (χ1n) is 32.5. The summed E-state index contributed by atoms with van der Waals surface area (Å²) in [5, 5.41) is 45.8. The van der Waals surface area contributed by atoms with Crippen LogP contribution in [0.3, 0.4) is 0 Å². The number of halogens is 3. The summed E-state index contributed by atoms with van der Waals surface area (Å²) in [5.41, 5.74) is 0.157. The SMILES string of the molecule is C=CC(=O)N1CN(C(=O)C=C)CN(C(=O)CCSCC(=O)N[C@H](C(=O)C[C@@H](CCCNC(N)=O)C(=O)Nc2ccc(COC(=O)O[C@H]3[C@@H](NC(=O)C(F)(F)F)C[C@H](O[C@H]4C[C@](O)(C(=O)COC(=O)CCCC)Cc5c(O)c6c(c(O)c54)C(=O)c4c(OC)cccc4C6=O)O[C@H]3C)cc2)C(C)C)C1. The summed E-state index contributed by atoms with van der Waals surface area (Å²) in [6, 6.07) is 5.96. The molecule has 4 aliphatic rings. The maximum absolute atomic E-state index is 14.3. The van der Waals surface area contributed by atoms with Gasteiger partial charge in [0.05, 0.1) is 73.9 Å². The summed E-state index contributed by atoms with van der Waals surface area (Å²) in [6.07, 6.45) is -13.6. The van der Waals surface area contributed by atoms with E-state index in [1.165, 1.54) is 71.2 Å². The number of aliphatic hydroxyl groups is 1. The van der Waals surface area contributed by atoms with E-state index in [0.29, 0.717) is 12.8 Å². The lowest BCUT2D eigenvalue weighted by molar-refractivity contribution is -0.252. The normalized spacial score (nSPS) is 19.9. The highest BCUT2D eigenvalue weighted by Crippen LogP contribution is 2.53. The molecular weight excluding hydrogens is 1370 g/mol. The zero-order valence-corrected chi connectivity index (χ0v) is 57.3. The van der Waals surface area contributed by atoms with E-state index in [4.69, 9.17) is 34.2 Å². The van der Waals surface area contributed by atoms with Crippen molar-refractivity contribution >= 4 is 94.2 Å². The maximum Gasteiger partial charge on any atom is 0.509 e. The number of phenols is 2. The Kier molecular flexibility index (Phi) is 27.3. The van der Waals surface area contributed by atoms with Gasteiger partial charge in [0.2, 0.25) is 41.1 Å². The number of nitrogens with two attached hydrogens (primary N) is 1. The van der Waals surface area contributed by atoms with Gasteiger partial charge in [-0.15, -0.1) is 0 Å². The van der Waals surface area contributed by atoms with Crippen molar-refractivity contribution in [2.75, 3.05) is 57.1 Å². The van der Waals surface area contributed by atoms with Gasteiger partial charge in [0.15, 0.2) is 30.6 Å². The van der Waals surface area contributed by atoms with Crippen molar-refractivity contribution in [3.05, 3.63) is 107 Å². The highest BCUT2D eigenvalue weighted by molar-refractivity contribution is 7.99. The van der Waals surface area contributed by atoms with E-state index >= 15 is 0 Å². The number of hydrogen-bond acceptors (Lipinski definition) is 23. The Labute approximate surface area is 587 Å². The van der Waals surface area contributed by atoms with Crippen LogP contribution < -0.4 is 31.7 Å². The number of aromatic hydroxyl groups is 2. The van der Waals surface area contributed by atoms with E-state index in [1.54, 1.807) is 26.1 Å². The van der Waals surface area contributed by atoms with Gasteiger partial charge in [-0.1, -0.05) is 64.6 Å². The number of primary amides is 1. The van der Waals surface area contributed by atoms with Crippen molar-refractivity contribution in [3.63, 3.8) is 0 Å². The molecule has 0 aromatic heterocycles. The summed E-state index contributed by atoms with van der Waals surface area (Å²) in [7, 11) is 1.22. The Morgan fingerprint density at radius 3 is 2.15 bits per heavy atom. The van der Waals surface area contributed by atoms with E-state index in [-0.39, 0.29) is 98.3 Å². The molecule has 2 aliphatic heterocycles. The molecule has 0 spiro atoms. The molecule has 2 aliphatic carbocycles. The van der Waals surface area contributed by atoms with Crippen LogP contribution in [-0.4, -0.2) is 201 Å². The van der Waals surface area contributed by atoms with Crippen LogP contribution in [0, 0.1) is 11.8 Å². The minimum atomic E-state index is -5.51. The summed E-state index contributed by atoms with van der Waals surface area (Å²) < 4.78 is 75.5. The minimum absolute atomic E-state index is 0.0473. The number of hydrogen-bond donors (Lipinski definition) is 8. The number of urea groups is 1. The predicted molar refractivity (Wildman–Crippen MR) is 353 cm³/mol. The summed E-state index contributed by atoms with van der Waals surface area (Å²) >= 11 is 1.10. The summed E-state index contributed by atoms with van der Waals surface area (Å²) in [4.78, 5) is 175. The van der Waals surface area contributed by atoms with Gasteiger partial charge in [0, 0.05) is 79.1 Å². The smallest absolute Gasteiger partial charge is 0.507 e. The van der Waals surface area contributed by atoms with Crippen molar-refractivity contribution < 1.29 is 119 Å². The second-order valence-electron chi connectivity index (χ2n) is 24.9. The number of ether oxygens (including phenoxy) is 6. The van der Waals surface area contributed by atoms with Gasteiger partial charge >= 0.3 is 30.2 Å². The van der Waals surface area contributed by atoms with Crippen LogP contribution in [0.5, 0.6) is 17.2 Å². The standard InChI is InChI=1S/C68H81F3N8O22S/c1-8-11-17-51(86)97-30-46(81)67(95)27-41-54(61(90)56-55(59(41)88)58(87)40-15-12-16-44(96-7)53(40)60(56)89)45(28-67)100-52-26-42(75-64(92)68(69,70)71)62(36(6)99-52)101-66(94)98-29-37-18-20-39(21-19-37)74-63(91)38(14-13-23-73-65(72)93)25-43(80)57(35(4)5)76-47(82)31-102-24-22-50(85)79-33-77(48(83)9-2)32-78(34-79)49(84)10-3/h9-10,12,15-16,18-21,35-36,38,42,45,52,57,62,88,90,95H,2-3,8,11,13-14,17,22-34H2,1,4-7H3,(H,74,91)(H,75,92)(H,76,82)(H3,72,73,93)/t36-,38+,42-,45-,52-,57-,62+,67-/m0/s1. The summed E-state index contributed by atoms with van der Waals surface area (Å²) in [5.74, 6) is -12.9. The second-order valence-corrected chi connectivity index (χ2v) is 26.0. The van der Waals surface area contributed by atoms with Gasteiger partial charge in [0.25, 0.3) is 0 Å². The number of Topliss-reactive ketones (excluding diaryl/α,β-unsaturated/α-hetero) is 2. The zero-order chi connectivity index (χ0) is 75.1. The molecule has 0 bridgehead atoms. The van der Waals surface area contributed by atoms with Gasteiger partial charge in [-0.2, -0.15) is 24.9 Å². The average molecular weight is 1450 g/mol. The number of thioether (sulfide) groups is 1. The Bertz CT molecular complexity index is 3730. The van der Waals surface area contributed by atoms with Crippen LogP contribution in [0.1, 0.15) is 140 Å². The highest BCUT2D eigenvalue weighted by Gasteiger charge is 2.52. The largest absolute Gasteiger partial charge is 0.509 e. The molecule has 3 aromatic carbocycles. The molecule has 30 nitrogen and oxygen atoms in total. The number of unbranched alkanes of at least 4 members (excludes halogenated alkanes) is 1. The van der Waals surface area contributed by atoms with E-state index in [1.807, 2.05) is 0 Å². The molecular formula is C68H81F3N8O22S. The van der Waals surface area contributed by atoms with E-state index < -0.39 is 203 Å². The molecule has 8 amide bonds. The first kappa shape index (κ1) is 79.4. The predicted octanol–water partition coefficient (Wildman–Crippen LogP) is 4.79. The highest BCUT2D eigenvalue weighted by atomic mass is 32.2. The number of fused-ring (bicyclic) bond motifs is 3. The zero-order valence-electron chi connectivity index (χ0n) is 56.5. The topological polar surface area (TPSA) is 422 Å². The van der Waals surface area contributed by atoms with Crippen molar-refractivity contribution in [2.45, 2.75) is 147 Å². The molecule has 2 heterocycles. The number of phenolic OH excluding ortho intramolecular Hbond substituents is 2. The number of esters is 1. The number of rotatable bonds is 31. The number of methoxy groups -OCH3 is 1. The van der Waals surface area contributed by atoms with Crippen LogP contribution >= 0.6 is 11.8 Å². The Morgan fingerprint density at radius 2 is 1.53 bits per heavy atom. The van der Waals surface area contributed by atoms with E-state index in [9.17, 15) is 90.8 Å². The first-order valence-corrected chi connectivity index (χ1v) is 33.6. The quantitative estimate of drug-likeness (QED) is 0.0145. The Morgan fingerprint density at radius 1 is 0.873 bits per heavy atom. The second kappa shape index (κ2) is 35.1. The number of anilines is 1. The number of amides is 8. The molecule has 8 atom stereocenters. The molecule has 552 valence electrons. The molecule has 0 unspecified atom stereocenters. The average Bonchev–Trinajstić information content (AvgIpc) is 0.711. The van der Waals surface area contributed by atoms with Crippen LogP contribution in [0.4, 0.5) is 28.4 Å². The monoisotopic (exact) mass is 1450 g/mol. The number of nitrogens with one attached hydrogen (secondary N) is 4. The number of benzene rings is 3. The van der Waals surface area contributed by atoms with Gasteiger partial charge < -0.3 is 85.4 Å². The molecule has 0 radical (unpaired) electrons. The van der Waals surface area contributed by atoms with E-state index in [2.05, 4.69) is 29.1 Å². The van der Waals surface area contributed by atoms with Gasteiger partial charge in [-0.05, 0) is 68.0 Å². The molecule has 34 heteroatoms. The first-order chi connectivity index (χ1) is 48.2. The number of carbonyl (C=O) groups excluding carboxylic acids is 13. The van der Waals surface area contributed by atoms with Crippen LogP contribution in [0.25, 0.3) is 0 Å². The lowest BCUT2D eigenvalue weighted by Gasteiger charge is -2.43. The number of alkyl halides is 3. The fourth-order valence-corrected chi connectivity index (χ4v) is 12.8. The van der Waals surface area contributed by atoms with Crippen LogP contribution in [-0.2, 0) is 79.9 Å². The van der Waals surface area contributed by atoms with Crippen molar-refractivity contribution in [1.82, 2.24) is 30.7 Å². The summed E-state index contributed by atoms with van der Waals surface area (Å²) in [6.45, 7) is 11.5. The third-order valence-electron chi connectivity index (χ3n) is 17.3. The lowest BCUT2D eigenvalue weighted by Crippen LogP contribution is -2.59. The van der Waals surface area contributed by atoms with Crippen LogP contribution in [0.15, 0.2) is 67.8 Å². The Hall–Kier alpha value is -9.93. The molecule has 2 fully saturated rings. The third-order valence-corrected chi connectivity index (χ3v) is 18.2. The molecule has 3 aromatic rings. The number of carbonyl (C=O) groups is 13. The number of nitrogens with zero attached hydrogens (tertiary/aromatic N) is 3. The molecule has 102 heavy (non-hydrogen) atoms. The lowest BCUT2D eigenvalue weighted by atomic mass is 9.72. The maximum atomic E-state index is 14.3. The van der Waals surface area contributed by atoms with Gasteiger partial charge in [-0.3, -0.25) is 52.7 Å². The third kappa shape index (κ3) is 19.8. The fraction of sp³-hybridized carbons (Fsp3) is 0.485. The number of ketones is 4. The Balaban J connectivity index is 1.000. The molecule has 9 N–H and O–H groups in total. The van der Waals surface area contributed by atoms with Crippen LogP contribution in [0.2, 0.25) is 0 Å². The molecule has 2 saturated heterocycles. The molecule has 7 rings (SSSR count).